The van der Waals surface area contributed by atoms with Crippen LogP contribution in [0.15, 0.2) is 48.5 Å². The Morgan fingerprint density at radius 1 is 1.09 bits per heavy atom. The normalized spacial score (nSPS) is 12.4. The Morgan fingerprint density at radius 3 is 2.77 bits per heavy atom. The third-order valence-corrected chi connectivity index (χ3v) is 4.94. The third kappa shape index (κ3) is 2.35. The van der Waals surface area contributed by atoms with Crippen molar-refractivity contribution in [3.05, 3.63) is 59.0 Å². The van der Waals surface area contributed by atoms with Crippen LogP contribution in [0.4, 0.5) is 10.8 Å². The van der Waals surface area contributed by atoms with Crippen LogP contribution < -0.4 is 10.1 Å². The molecule has 4 rings (SSSR count). The molecule has 0 spiro atoms. The van der Waals surface area contributed by atoms with Gasteiger partial charge in [0, 0.05) is 16.1 Å². The lowest BCUT2D eigenvalue weighted by molar-refractivity contribution is 0.414. The third-order valence-electron chi connectivity index (χ3n) is 3.91. The zero-order valence-corrected chi connectivity index (χ0v) is 13.1. The van der Waals surface area contributed by atoms with Crippen LogP contribution in [0.25, 0.3) is 11.3 Å². The van der Waals surface area contributed by atoms with Crippen LogP contribution in [-0.2, 0) is 12.8 Å². The number of nitrogens with one attached hydrogen (secondary N) is 1. The highest BCUT2D eigenvalue weighted by atomic mass is 32.1. The van der Waals surface area contributed by atoms with E-state index in [0.717, 1.165) is 35.1 Å². The Morgan fingerprint density at radius 2 is 1.95 bits per heavy atom. The summed E-state index contributed by atoms with van der Waals surface area (Å²) >= 11 is 1.75. The van der Waals surface area contributed by atoms with Gasteiger partial charge < -0.3 is 10.1 Å². The first kappa shape index (κ1) is 13.3. The quantitative estimate of drug-likeness (QED) is 0.764. The molecule has 0 atom stereocenters. The maximum Gasteiger partial charge on any atom is 0.187 e. The van der Waals surface area contributed by atoms with Crippen molar-refractivity contribution in [2.75, 3.05) is 12.4 Å². The molecule has 1 aromatic heterocycles. The van der Waals surface area contributed by atoms with E-state index in [4.69, 9.17) is 9.72 Å². The molecule has 110 valence electrons. The van der Waals surface area contributed by atoms with E-state index >= 15 is 0 Å². The van der Waals surface area contributed by atoms with Crippen molar-refractivity contribution in [3.63, 3.8) is 0 Å². The van der Waals surface area contributed by atoms with Gasteiger partial charge in [-0.3, -0.25) is 0 Å². The van der Waals surface area contributed by atoms with Gasteiger partial charge in [0.1, 0.15) is 5.75 Å². The molecule has 22 heavy (non-hydrogen) atoms. The van der Waals surface area contributed by atoms with E-state index in [0.29, 0.717) is 0 Å². The van der Waals surface area contributed by atoms with E-state index in [9.17, 15) is 0 Å². The standard InChI is InChI=1S/C18H16N2OS/c1-21-14-8-9-15-12(11-14)7-10-16-17(15)20-18(22-16)19-13-5-3-2-4-6-13/h2-6,8-9,11H,7,10H2,1H3,(H,19,20). The Balaban J connectivity index is 1.69. The summed E-state index contributed by atoms with van der Waals surface area (Å²) in [5, 5.41) is 4.36. The van der Waals surface area contributed by atoms with Gasteiger partial charge in [-0.1, -0.05) is 18.2 Å². The van der Waals surface area contributed by atoms with Gasteiger partial charge in [0.05, 0.1) is 12.8 Å². The summed E-state index contributed by atoms with van der Waals surface area (Å²) in [7, 11) is 1.71. The Kier molecular flexibility index (Phi) is 3.31. The van der Waals surface area contributed by atoms with E-state index in [1.54, 1.807) is 18.4 Å². The highest BCUT2D eigenvalue weighted by Gasteiger charge is 2.21. The second kappa shape index (κ2) is 5.46. The van der Waals surface area contributed by atoms with Crippen molar-refractivity contribution in [1.82, 2.24) is 4.98 Å². The summed E-state index contributed by atoms with van der Waals surface area (Å²) in [5.74, 6) is 0.917. The van der Waals surface area contributed by atoms with E-state index in [-0.39, 0.29) is 0 Å². The molecule has 3 aromatic rings. The molecule has 0 fully saturated rings. The van der Waals surface area contributed by atoms with Crippen LogP contribution in [-0.4, -0.2) is 12.1 Å². The number of benzene rings is 2. The van der Waals surface area contributed by atoms with Gasteiger partial charge in [-0.15, -0.1) is 11.3 Å². The lowest BCUT2D eigenvalue weighted by atomic mass is 9.93. The minimum atomic E-state index is 0.917. The van der Waals surface area contributed by atoms with Crippen molar-refractivity contribution in [3.8, 4) is 17.0 Å². The molecule has 0 saturated heterocycles. The fourth-order valence-electron chi connectivity index (χ4n) is 2.81. The Labute approximate surface area is 133 Å². The van der Waals surface area contributed by atoms with Crippen LogP contribution >= 0.6 is 11.3 Å². The molecule has 1 aliphatic carbocycles. The predicted octanol–water partition coefficient (Wildman–Crippen LogP) is 4.66. The number of aryl methyl sites for hydroxylation is 2. The topological polar surface area (TPSA) is 34.1 Å². The molecular weight excluding hydrogens is 292 g/mol. The molecule has 4 heteroatoms. The number of methoxy groups -OCH3 is 1. The number of hydrogen-bond acceptors (Lipinski definition) is 4. The lowest BCUT2D eigenvalue weighted by Crippen LogP contribution is -2.02. The zero-order valence-electron chi connectivity index (χ0n) is 12.3. The largest absolute Gasteiger partial charge is 0.497 e. The summed E-state index contributed by atoms with van der Waals surface area (Å²) in [5.41, 5.74) is 4.75. The second-order valence-corrected chi connectivity index (χ2v) is 6.39. The van der Waals surface area contributed by atoms with Crippen molar-refractivity contribution < 1.29 is 4.74 Å². The average molecular weight is 308 g/mol. The fourth-order valence-corrected chi connectivity index (χ4v) is 3.81. The molecule has 1 aliphatic rings. The molecule has 0 bridgehead atoms. The Hall–Kier alpha value is -2.33. The molecule has 0 saturated carbocycles. The molecule has 0 amide bonds. The first-order valence-electron chi connectivity index (χ1n) is 7.32. The monoisotopic (exact) mass is 308 g/mol. The zero-order chi connectivity index (χ0) is 14.9. The number of thiazole rings is 1. The summed E-state index contributed by atoms with van der Waals surface area (Å²) in [6.07, 6.45) is 2.09. The number of hydrogen-bond donors (Lipinski definition) is 1. The highest BCUT2D eigenvalue weighted by Crippen LogP contribution is 2.39. The van der Waals surface area contributed by atoms with Crippen LogP contribution in [0, 0.1) is 0 Å². The molecule has 2 aromatic carbocycles. The fraction of sp³-hybridized carbons (Fsp3) is 0.167. The smallest absolute Gasteiger partial charge is 0.187 e. The highest BCUT2D eigenvalue weighted by molar-refractivity contribution is 7.16. The molecule has 0 radical (unpaired) electrons. The van der Waals surface area contributed by atoms with E-state index in [1.165, 1.54) is 16.0 Å². The van der Waals surface area contributed by atoms with Crippen molar-refractivity contribution >= 4 is 22.2 Å². The number of anilines is 2. The summed E-state index contributed by atoms with van der Waals surface area (Å²) in [4.78, 5) is 6.17. The van der Waals surface area contributed by atoms with Gasteiger partial charge in [-0.2, -0.15) is 0 Å². The molecule has 0 aliphatic heterocycles. The van der Waals surface area contributed by atoms with E-state index in [1.807, 2.05) is 24.3 Å². The predicted molar refractivity (Wildman–Crippen MR) is 91.2 cm³/mol. The lowest BCUT2D eigenvalue weighted by Gasteiger charge is -2.15. The van der Waals surface area contributed by atoms with Gasteiger partial charge in [0.15, 0.2) is 5.13 Å². The van der Waals surface area contributed by atoms with Gasteiger partial charge in [0.2, 0.25) is 0 Å². The van der Waals surface area contributed by atoms with Crippen molar-refractivity contribution in [2.45, 2.75) is 12.8 Å². The van der Waals surface area contributed by atoms with Gasteiger partial charge in [-0.05, 0) is 48.7 Å². The van der Waals surface area contributed by atoms with Crippen LogP contribution in [0.1, 0.15) is 10.4 Å². The molecule has 1 N–H and O–H groups in total. The van der Waals surface area contributed by atoms with Crippen LogP contribution in [0.5, 0.6) is 5.75 Å². The second-order valence-electron chi connectivity index (χ2n) is 5.30. The molecule has 1 heterocycles. The maximum atomic E-state index is 5.32. The number of aromatic nitrogens is 1. The van der Waals surface area contributed by atoms with E-state index in [2.05, 4.69) is 29.6 Å². The minimum Gasteiger partial charge on any atom is -0.497 e. The van der Waals surface area contributed by atoms with Gasteiger partial charge in [-0.25, -0.2) is 4.98 Å². The minimum absolute atomic E-state index is 0.917. The van der Waals surface area contributed by atoms with Crippen molar-refractivity contribution in [2.24, 2.45) is 0 Å². The summed E-state index contributed by atoms with van der Waals surface area (Å²) in [6.45, 7) is 0. The number of nitrogens with zero attached hydrogens (tertiary/aromatic N) is 1. The first-order chi connectivity index (χ1) is 10.8. The number of rotatable bonds is 3. The van der Waals surface area contributed by atoms with Gasteiger partial charge >= 0.3 is 0 Å². The summed E-state index contributed by atoms with van der Waals surface area (Å²) < 4.78 is 5.32. The van der Waals surface area contributed by atoms with E-state index < -0.39 is 0 Å². The Bertz CT molecular complexity index is 811. The van der Waals surface area contributed by atoms with Gasteiger partial charge in [0.25, 0.3) is 0 Å². The first-order valence-corrected chi connectivity index (χ1v) is 8.14. The SMILES string of the molecule is COc1ccc2c(c1)CCc1sc(Nc3ccccc3)nc1-2. The summed E-state index contributed by atoms with van der Waals surface area (Å²) in [6, 6.07) is 16.4. The van der Waals surface area contributed by atoms with Crippen molar-refractivity contribution in [1.29, 1.82) is 0 Å². The number of para-hydroxylation sites is 1. The molecule has 0 unspecified atom stereocenters. The van der Waals surface area contributed by atoms with Crippen LogP contribution in [0.3, 0.4) is 0 Å². The maximum absolute atomic E-state index is 5.32. The van der Waals surface area contributed by atoms with Crippen LogP contribution in [0.2, 0.25) is 0 Å². The number of ether oxygens (including phenoxy) is 1. The average Bonchev–Trinajstić information content (AvgIpc) is 2.98. The number of fused-ring (bicyclic) bond motifs is 3. The molecular formula is C18H16N2OS. The molecule has 3 nitrogen and oxygen atoms in total.